The molecule has 1 N–H and O–H groups in total. The van der Waals surface area contributed by atoms with Crippen LogP contribution in [-0.4, -0.2) is 35.2 Å². The van der Waals surface area contributed by atoms with Crippen molar-refractivity contribution in [3.05, 3.63) is 18.7 Å². The van der Waals surface area contributed by atoms with Gasteiger partial charge in [-0.3, -0.25) is 4.79 Å². The molecule has 2 heterocycles. The second-order valence-electron chi connectivity index (χ2n) is 5.79. The third-order valence-electron chi connectivity index (χ3n) is 4.24. The molecule has 5 nitrogen and oxygen atoms in total. The van der Waals surface area contributed by atoms with Gasteiger partial charge in [-0.15, -0.1) is 0 Å². The van der Waals surface area contributed by atoms with E-state index in [1.165, 1.54) is 0 Å². The number of amides is 1. The van der Waals surface area contributed by atoms with Gasteiger partial charge in [-0.1, -0.05) is 0 Å². The quantitative estimate of drug-likeness (QED) is 0.839. The number of ether oxygens (including phenoxy) is 1. The van der Waals surface area contributed by atoms with Gasteiger partial charge in [-0.05, 0) is 31.6 Å². The van der Waals surface area contributed by atoms with Gasteiger partial charge in [0.1, 0.15) is 0 Å². The zero-order chi connectivity index (χ0) is 13.1. The molecule has 3 rings (SSSR count). The van der Waals surface area contributed by atoms with E-state index in [-0.39, 0.29) is 11.3 Å². The molecule has 1 aromatic heterocycles. The molecule has 2 aliphatic rings. The van der Waals surface area contributed by atoms with E-state index in [2.05, 4.69) is 10.3 Å². The Morgan fingerprint density at radius 1 is 1.53 bits per heavy atom. The van der Waals surface area contributed by atoms with E-state index in [4.69, 9.17) is 4.74 Å². The first kappa shape index (κ1) is 12.7. The molecule has 1 aliphatic carbocycles. The summed E-state index contributed by atoms with van der Waals surface area (Å²) >= 11 is 0. The monoisotopic (exact) mass is 263 g/mol. The highest BCUT2D eigenvalue weighted by Crippen LogP contribution is 2.47. The highest BCUT2D eigenvalue weighted by Gasteiger charge is 2.49. The lowest BCUT2D eigenvalue weighted by molar-refractivity contribution is -0.126. The van der Waals surface area contributed by atoms with Crippen LogP contribution < -0.4 is 5.32 Å². The maximum absolute atomic E-state index is 12.3. The van der Waals surface area contributed by atoms with Gasteiger partial charge >= 0.3 is 0 Å². The van der Waals surface area contributed by atoms with E-state index in [0.717, 1.165) is 52.0 Å². The van der Waals surface area contributed by atoms with Crippen LogP contribution in [0, 0.1) is 11.3 Å². The van der Waals surface area contributed by atoms with Crippen molar-refractivity contribution in [2.75, 3.05) is 19.8 Å². The Labute approximate surface area is 113 Å². The zero-order valence-corrected chi connectivity index (χ0v) is 11.2. The van der Waals surface area contributed by atoms with Crippen molar-refractivity contribution in [3.8, 4) is 0 Å². The van der Waals surface area contributed by atoms with E-state index in [1.807, 2.05) is 10.8 Å². The minimum atomic E-state index is -0.174. The number of aromatic nitrogens is 2. The third kappa shape index (κ3) is 2.97. The van der Waals surface area contributed by atoms with Gasteiger partial charge in [0.05, 0.1) is 11.7 Å². The van der Waals surface area contributed by atoms with Gasteiger partial charge < -0.3 is 14.6 Å². The topological polar surface area (TPSA) is 56.1 Å². The van der Waals surface area contributed by atoms with Crippen LogP contribution in [-0.2, 0) is 16.1 Å². The summed E-state index contributed by atoms with van der Waals surface area (Å²) in [6, 6.07) is 0. The summed E-state index contributed by atoms with van der Waals surface area (Å²) < 4.78 is 7.34. The average Bonchev–Trinajstić information content (AvgIpc) is 2.83. The molecule has 5 heteroatoms. The molecule has 19 heavy (non-hydrogen) atoms. The summed E-state index contributed by atoms with van der Waals surface area (Å²) in [6.45, 7) is 3.27. The van der Waals surface area contributed by atoms with E-state index in [1.54, 1.807) is 12.5 Å². The molecule has 0 bridgehead atoms. The number of nitrogens with one attached hydrogen (secondary N) is 1. The largest absolute Gasteiger partial charge is 0.381 e. The van der Waals surface area contributed by atoms with Crippen LogP contribution in [0.5, 0.6) is 0 Å². The molecule has 1 atom stereocenters. The number of carbonyl (C=O) groups is 1. The maximum atomic E-state index is 12.3. The minimum absolute atomic E-state index is 0.174. The predicted octanol–water partition coefficient (Wildman–Crippen LogP) is 1.21. The Bertz CT molecular complexity index is 420. The fourth-order valence-corrected chi connectivity index (χ4v) is 2.73. The molecule has 104 valence electrons. The minimum Gasteiger partial charge on any atom is -0.381 e. The molecule has 1 saturated carbocycles. The van der Waals surface area contributed by atoms with Crippen molar-refractivity contribution in [1.82, 2.24) is 14.9 Å². The maximum Gasteiger partial charge on any atom is 0.228 e. The first-order valence-electron chi connectivity index (χ1n) is 7.10. The molecule has 1 amide bonds. The molecule has 1 aromatic rings. The average molecular weight is 263 g/mol. The van der Waals surface area contributed by atoms with Gasteiger partial charge in [0, 0.05) is 38.7 Å². The van der Waals surface area contributed by atoms with Gasteiger partial charge in [0.25, 0.3) is 0 Å². The summed E-state index contributed by atoms with van der Waals surface area (Å²) in [5.41, 5.74) is -0.174. The molecule has 2 fully saturated rings. The molecule has 1 saturated heterocycles. The summed E-state index contributed by atoms with van der Waals surface area (Å²) in [4.78, 5) is 16.3. The van der Waals surface area contributed by atoms with Crippen molar-refractivity contribution in [2.45, 2.75) is 32.2 Å². The van der Waals surface area contributed by atoms with Crippen LogP contribution in [0.15, 0.2) is 18.7 Å². The fraction of sp³-hybridized carbons (Fsp3) is 0.714. The van der Waals surface area contributed by atoms with Crippen molar-refractivity contribution in [1.29, 1.82) is 0 Å². The third-order valence-corrected chi connectivity index (χ3v) is 4.24. The van der Waals surface area contributed by atoms with Crippen molar-refractivity contribution < 1.29 is 9.53 Å². The second-order valence-corrected chi connectivity index (χ2v) is 5.79. The molecular formula is C14H21N3O2. The van der Waals surface area contributed by atoms with Crippen LogP contribution in [0.2, 0.25) is 0 Å². The van der Waals surface area contributed by atoms with Crippen molar-refractivity contribution in [3.63, 3.8) is 0 Å². The van der Waals surface area contributed by atoms with Crippen LogP contribution in [0.25, 0.3) is 0 Å². The molecule has 1 aliphatic heterocycles. The lowest BCUT2D eigenvalue weighted by atomic mass is 10.0. The van der Waals surface area contributed by atoms with Gasteiger partial charge in [-0.2, -0.15) is 0 Å². The summed E-state index contributed by atoms with van der Waals surface area (Å²) in [5.74, 6) is 0.837. The number of carbonyl (C=O) groups excluding carboxylic acids is 1. The van der Waals surface area contributed by atoms with Crippen LogP contribution >= 0.6 is 0 Å². The number of imidazole rings is 1. The molecular weight excluding hydrogens is 242 g/mol. The van der Waals surface area contributed by atoms with E-state index < -0.39 is 0 Å². The predicted molar refractivity (Wildman–Crippen MR) is 70.4 cm³/mol. The molecule has 0 radical (unpaired) electrons. The summed E-state index contributed by atoms with van der Waals surface area (Å²) in [6.07, 6.45) is 9.61. The molecule has 0 spiro atoms. The summed E-state index contributed by atoms with van der Waals surface area (Å²) in [5, 5.41) is 3.10. The first-order valence-corrected chi connectivity index (χ1v) is 7.10. The Hall–Kier alpha value is -1.36. The SMILES string of the molecule is O=C(NCC[C@@H]1CCOC1)C1(Cn2ccnc2)CC1. The van der Waals surface area contributed by atoms with Gasteiger partial charge in [-0.25, -0.2) is 4.98 Å². The van der Waals surface area contributed by atoms with Crippen LogP contribution in [0.3, 0.4) is 0 Å². The smallest absolute Gasteiger partial charge is 0.228 e. The normalized spacial score (nSPS) is 24.3. The highest BCUT2D eigenvalue weighted by atomic mass is 16.5. The van der Waals surface area contributed by atoms with E-state index in [9.17, 15) is 4.79 Å². The molecule has 0 aromatic carbocycles. The summed E-state index contributed by atoms with van der Waals surface area (Å²) in [7, 11) is 0. The zero-order valence-electron chi connectivity index (χ0n) is 11.2. The van der Waals surface area contributed by atoms with Crippen LogP contribution in [0.4, 0.5) is 0 Å². The Balaban J connectivity index is 1.44. The van der Waals surface area contributed by atoms with Crippen LogP contribution in [0.1, 0.15) is 25.7 Å². The van der Waals surface area contributed by atoms with Crippen molar-refractivity contribution >= 4 is 5.91 Å². The first-order chi connectivity index (χ1) is 9.28. The number of rotatable bonds is 6. The van der Waals surface area contributed by atoms with E-state index in [0.29, 0.717) is 5.92 Å². The fourth-order valence-electron chi connectivity index (χ4n) is 2.73. The number of nitrogens with zero attached hydrogens (tertiary/aromatic N) is 2. The Kier molecular flexibility index (Phi) is 3.55. The van der Waals surface area contributed by atoms with E-state index >= 15 is 0 Å². The Morgan fingerprint density at radius 3 is 3.05 bits per heavy atom. The van der Waals surface area contributed by atoms with Gasteiger partial charge in [0.15, 0.2) is 0 Å². The molecule has 0 unspecified atom stereocenters. The standard InChI is InChI=1S/C14H21N3O2/c18-13(16-5-1-12-2-8-19-9-12)14(3-4-14)10-17-7-6-15-11-17/h6-7,11-12H,1-5,8-10H2,(H,16,18)/t12-/m1/s1. The highest BCUT2D eigenvalue weighted by molar-refractivity contribution is 5.85. The van der Waals surface area contributed by atoms with Gasteiger partial charge in [0.2, 0.25) is 5.91 Å². The lowest BCUT2D eigenvalue weighted by Crippen LogP contribution is -2.35. The van der Waals surface area contributed by atoms with Crippen molar-refractivity contribution in [2.24, 2.45) is 11.3 Å². The lowest BCUT2D eigenvalue weighted by Gasteiger charge is -2.16. The number of hydrogen-bond donors (Lipinski definition) is 1. The number of hydrogen-bond acceptors (Lipinski definition) is 3. The Morgan fingerprint density at radius 2 is 2.42 bits per heavy atom. The second kappa shape index (κ2) is 5.33.